The van der Waals surface area contributed by atoms with Crippen molar-refractivity contribution in [2.75, 3.05) is 20.3 Å². The van der Waals surface area contributed by atoms with E-state index in [4.69, 9.17) is 9.15 Å². The highest BCUT2D eigenvalue weighted by atomic mass is 79.9. The maximum atomic E-state index is 5.77. The van der Waals surface area contributed by atoms with Crippen molar-refractivity contribution in [1.29, 1.82) is 0 Å². The molecule has 2 rings (SSSR count). The summed E-state index contributed by atoms with van der Waals surface area (Å²) in [5.74, 6) is 1.83. The number of ether oxygens (including phenoxy) is 1. The Labute approximate surface area is 127 Å². The molecule has 0 aliphatic carbocycles. The van der Waals surface area contributed by atoms with Crippen molar-refractivity contribution < 1.29 is 9.15 Å². The molecule has 0 saturated carbocycles. The Kier molecular flexibility index (Phi) is 7.16. The minimum atomic E-state index is 0. The summed E-state index contributed by atoms with van der Waals surface area (Å²) in [7, 11) is 1.69. The fourth-order valence-electron chi connectivity index (χ4n) is 1.63. The largest absolute Gasteiger partial charge is 0.460 e. The molecule has 104 valence electrons. The predicted octanol–water partition coefficient (Wildman–Crippen LogP) is 3.87. The van der Waals surface area contributed by atoms with Crippen molar-refractivity contribution in [2.45, 2.75) is 6.54 Å². The Morgan fingerprint density at radius 3 is 2.58 bits per heavy atom. The highest BCUT2D eigenvalue weighted by Crippen LogP contribution is 2.23. The van der Waals surface area contributed by atoms with E-state index in [0.29, 0.717) is 6.61 Å². The minimum Gasteiger partial charge on any atom is -0.460 e. The van der Waals surface area contributed by atoms with Gasteiger partial charge in [-0.2, -0.15) is 0 Å². The molecule has 1 aromatic carbocycles. The number of benzene rings is 1. The summed E-state index contributed by atoms with van der Waals surface area (Å²) < 4.78 is 11.8. The van der Waals surface area contributed by atoms with Crippen molar-refractivity contribution in [3.63, 3.8) is 0 Å². The average Bonchev–Trinajstić information content (AvgIpc) is 2.84. The van der Waals surface area contributed by atoms with E-state index in [2.05, 4.69) is 21.2 Å². The molecule has 0 amide bonds. The van der Waals surface area contributed by atoms with E-state index in [1.165, 1.54) is 0 Å². The highest BCUT2D eigenvalue weighted by Gasteiger charge is 2.04. The van der Waals surface area contributed by atoms with Gasteiger partial charge in [-0.1, -0.05) is 28.1 Å². The van der Waals surface area contributed by atoms with Gasteiger partial charge in [-0.3, -0.25) is 0 Å². The van der Waals surface area contributed by atoms with Gasteiger partial charge in [-0.15, -0.1) is 12.4 Å². The number of halogens is 2. The average molecular weight is 347 g/mol. The van der Waals surface area contributed by atoms with Crippen LogP contribution in [0.2, 0.25) is 0 Å². The van der Waals surface area contributed by atoms with E-state index < -0.39 is 0 Å². The molecule has 1 N–H and O–H groups in total. The molecular weight excluding hydrogens is 330 g/mol. The summed E-state index contributed by atoms with van der Waals surface area (Å²) >= 11 is 3.42. The second-order valence-electron chi connectivity index (χ2n) is 3.94. The van der Waals surface area contributed by atoms with E-state index in [-0.39, 0.29) is 12.4 Å². The van der Waals surface area contributed by atoms with E-state index in [0.717, 1.165) is 34.6 Å². The molecule has 0 radical (unpaired) electrons. The fourth-order valence-corrected chi connectivity index (χ4v) is 1.89. The third kappa shape index (κ3) is 4.99. The first-order chi connectivity index (χ1) is 8.79. The summed E-state index contributed by atoms with van der Waals surface area (Å²) in [5.41, 5.74) is 1.08. The standard InChI is InChI=1S/C14H16BrNO2.ClH/c1-17-9-8-16-10-13-6-7-14(18-13)11-2-4-12(15)5-3-11;/h2-7,16H,8-10H2,1H3;1H. The number of methoxy groups -OCH3 is 1. The van der Waals surface area contributed by atoms with Gasteiger partial charge in [-0.25, -0.2) is 0 Å². The minimum absolute atomic E-state index is 0. The van der Waals surface area contributed by atoms with Crippen LogP contribution in [0.4, 0.5) is 0 Å². The lowest BCUT2D eigenvalue weighted by atomic mass is 10.2. The van der Waals surface area contributed by atoms with Crippen molar-refractivity contribution in [2.24, 2.45) is 0 Å². The van der Waals surface area contributed by atoms with Crippen LogP contribution in [0.1, 0.15) is 5.76 Å². The molecule has 0 spiro atoms. The molecule has 19 heavy (non-hydrogen) atoms. The zero-order valence-corrected chi connectivity index (χ0v) is 13.1. The molecule has 3 nitrogen and oxygen atoms in total. The molecule has 0 fully saturated rings. The number of nitrogens with one attached hydrogen (secondary N) is 1. The topological polar surface area (TPSA) is 34.4 Å². The second kappa shape index (κ2) is 8.38. The van der Waals surface area contributed by atoms with Gasteiger partial charge < -0.3 is 14.5 Å². The molecule has 0 saturated heterocycles. The van der Waals surface area contributed by atoms with E-state index in [1.807, 2.05) is 36.4 Å². The summed E-state index contributed by atoms with van der Waals surface area (Å²) in [4.78, 5) is 0. The molecule has 5 heteroatoms. The molecule has 0 unspecified atom stereocenters. The van der Waals surface area contributed by atoms with Gasteiger partial charge in [0, 0.05) is 23.7 Å². The first-order valence-corrected chi connectivity index (χ1v) is 6.63. The van der Waals surface area contributed by atoms with Crippen LogP contribution < -0.4 is 5.32 Å². The summed E-state index contributed by atoms with van der Waals surface area (Å²) in [6.45, 7) is 2.25. The van der Waals surface area contributed by atoms with Gasteiger partial charge in [0.25, 0.3) is 0 Å². The van der Waals surface area contributed by atoms with Crippen LogP contribution in [0.15, 0.2) is 45.3 Å². The third-order valence-corrected chi connectivity index (χ3v) is 3.10. The lowest BCUT2D eigenvalue weighted by molar-refractivity contribution is 0.198. The molecule has 0 bridgehead atoms. The summed E-state index contributed by atoms with van der Waals surface area (Å²) in [6.07, 6.45) is 0. The van der Waals surface area contributed by atoms with Crippen LogP contribution in [0, 0.1) is 0 Å². The molecular formula is C14H17BrClNO2. The van der Waals surface area contributed by atoms with Crippen LogP contribution in [0.25, 0.3) is 11.3 Å². The first-order valence-electron chi connectivity index (χ1n) is 5.84. The van der Waals surface area contributed by atoms with E-state index in [9.17, 15) is 0 Å². The fraction of sp³-hybridized carbons (Fsp3) is 0.286. The third-order valence-electron chi connectivity index (χ3n) is 2.57. The SMILES string of the molecule is COCCNCc1ccc(-c2ccc(Br)cc2)o1.Cl. The van der Waals surface area contributed by atoms with Crippen molar-refractivity contribution >= 4 is 28.3 Å². The Hall–Kier alpha value is -0.810. The van der Waals surface area contributed by atoms with Crippen LogP contribution in [0.3, 0.4) is 0 Å². The van der Waals surface area contributed by atoms with Gasteiger partial charge in [0.15, 0.2) is 0 Å². The van der Waals surface area contributed by atoms with Crippen LogP contribution in [-0.2, 0) is 11.3 Å². The van der Waals surface area contributed by atoms with Crippen LogP contribution in [0.5, 0.6) is 0 Å². The molecule has 0 aliphatic heterocycles. The molecule has 2 aromatic rings. The number of hydrogen-bond donors (Lipinski definition) is 1. The van der Waals surface area contributed by atoms with Gasteiger partial charge >= 0.3 is 0 Å². The van der Waals surface area contributed by atoms with Crippen molar-refractivity contribution in [1.82, 2.24) is 5.32 Å². The maximum absolute atomic E-state index is 5.77. The predicted molar refractivity (Wildman–Crippen MR) is 82.7 cm³/mol. The lowest BCUT2D eigenvalue weighted by Gasteiger charge is -2.01. The maximum Gasteiger partial charge on any atom is 0.134 e. The summed E-state index contributed by atoms with van der Waals surface area (Å²) in [6, 6.07) is 12.1. The summed E-state index contributed by atoms with van der Waals surface area (Å²) in [5, 5.41) is 3.25. The zero-order valence-electron chi connectivity index (χ0n) is 10.7. The Bertz CT molecular complexity index is 484. The molecule has 0 aliphatic rings. The first kappa shape index (κ1) is 16.2. The zero-order chi connectivity index (χ0) is 12.8. The normalized spacial score (nSPS) is 10.2. The number of hydrogen-bond acceptors (Lipinski definition) is 3. The Morgan fingerprint density at radius 2 is 1.89 bits per heavy atom. The van der Waals surface area contributed by atoms with E-state index >= 15 is 0 Å². The van der Waals surface area contributed by atoms with E-state index in [1.54, 1.807) is 7.11 Å². The molecule has 0 atom stereocenters. The van der Waals surface area contributed by atoms with Gasteiger partial charge in [-0.05, 0) is 24.3 Å². The number of rotatable bonds is 6. The quantitative estimate of drug-likeness (QED) is 0.806. The van der Waals surface area contributed by atoms with Gasteiger partial charge in [0.1, 0.15) is 11.5 Å². The molecule has 1 aromatic heterocycles. The van der Waals surface area contributed by atoms with Crippen molar-refractivity contribution in [3.8, 4) is 11.3 Å². The van der Waals surface area contributed by atoms with Crippen molar-refractivity contribution in [3.05, 3.63) is 46.6 Å². The number of furan rings is 1. The molecule has 1 heterocycles. The smallest absolute Gasteiger partial charge is 0.134 e. The second-order valence-corrected chi connectivity index (χ2v) is 4.86. The van der Waals surface area contributed by atoms with Gasteiger partial charge in [0.05, 0.1) is 13.2 Å². The monoisotopic (exact) mass is 345 g/mol. The Morgan fingerprint density at radius 1 is 1.16 bits per heavy atom. The van der Waals surface area contributed by atoms with Crippen LogP contribution >= 0.6 is 28.3 Å². The van der Waals surface area contributed by atoms with Gasteiger partial charge in [0.2, 0.25) is 0 Å². The van der Waals surface area contributed by atoms with Crippen LogP contribution in [-0.4, -0.2) is 20.3 Å². The highest BCUT2D eigenvalue weighted by molar-refractivity contribution is 9.10. The Balaban J connectivity index is 0.00000180. The lowest BCUT2D eigenvalue weighted by Crippen LogP contribution is -2.18.